The van der Waals surface area contributed by atoms with Crippen LogP contribution in [0.15, 0.2) is 18.2 Å². The first-order valence-corrected chi connectivity index (χ1v) is 7.04. The highest BCUT2D eigenvalue weighted by atomic mass is 16.5. The molecule has 0 bridgehead atoms. The summed E-state index contributed by atoms with van der Waals surface area (Å²) < 4.78 is 5.30. The number of nitrogens with one attached hydrogen (secondary N) is 1. The number of hydrogen-bond acceptors (Lipinski definition) is 3. The van der Waals surface area contributed by atoms with Crippen molar-refractivity contribution in [1.82, 2.24) is 0 Å². The maximum atomic E-state index is 12.0. The van der Waals surface area contributed by atoms with Crippen LogP contribution in [0.1, 0.15) is 46.1 Å². The van der Waals surface area contributed by atoms with E-state index < -0.39 is 6.04 Å². The summed E-state index contributed by atoms with van der Waals surface area (Å²) in [6.45, 7) is 8.39. The molecule has 3 N–H and O–H groups in total. The lowest BCUT2D eigenvalue weighted by Gasteiger charge is -2.21. The standard InChI is InChI=1S/C16H26N2O2/c1-6-7-12(17)15(19)18-13-10-11(16(2,3)4)8-9-14(13)20-5/h8-10,12H,6-7,17H2,1-5H3,(H,18,19)/t12-/m1/s1. The molecule has 0 unspecified atom stereocenters. The van der Waals surface area contributed by atoms with Gasteiger partial charge in [0.25, 0.3) is 0 Å². The molecule has 1 aromatic rings. The van der Waals surface area contributed by atoms with Gasteiger partial charge in [0.15, 0.2) is 0 Å². The normalized spacial score (nSPS) is 12.9. The number of methoxy groups -OCH3 is 1. The molecule has 0 aromatic heterocycles. The first kappa shape index (κ1) is 16.5. The minimum Gasteiger partial charge on any atom is -0.495 e. The van der Waals surface area contributed by atoms with Crippen LogP contribution < -0.4 is 15.8 Å². The molecule has 1 atom stereocenters. The number of amides is 1. The second-order valence-electron chi connectivity index (χ2n) is 6.05. The van der Waals surface area contributed by atoms with Gasteiger partial charge in [-0.15, -0.1) is 0 Å². The van der Waals surface area contributed by atoms with Gasteiger partial charge >= 0.3 is 0 Å². The number of ether oxygens (including phenoxy) is 1. The Morgan fingerprint density at radius 1 is 1.40 bits per heavy atom. The smallest absolute Gasteiger partial charge is 0.241 e. The predicted molar refractivity (Wildman–Crippen MR) is 83.2 cm³/mol. The van der Waals surface area contributed by atoms with Crippen molar-refractivity contribution >= 4 is 11.6 Å². The lowest BCUT2D eigenvalue weighted by atomic mass is 9.87. The van der Waals surface area contributed by atoms with Gasteiger partial charge in [-0.05, 0) is 29.5 Å². The van der Waals surface area contributed by atoms with Gasteiger partial charge in [0, 0.05) is 0 Å². The molecule has 0 saturated heterocycles. The zero-order chi connectivity index (χ0) is 15.3. The zero-order valence-corrected chi connectivity index (χ0v) is 13.1. The molecule has 112 valence electrons. The molecule has 0 radical (unpaired) electrons. The van der Waals surface area contributed by atoms with Crippen molar-refractivity contribution in [3.8, 4) is 5.75 Å². The van der Waals surface area contributed by atoms with Gasteiger partial charge in [0.05, 0.1) is 18.8 Å². The Morgan fingerprint density at radius 3 is 2.55 bits per heavy atom. The molecule has 0 saturated carbocycles. The van der Waals surface area contributed by atoms with Gasteiger partial charge in [-0.1, -0.05) is 40.2 Å². The van der Waals surface area contributed by atoms with Gasteiger partial charge in [0.1, 0.15) is 5.75 Å². The molecule has 1 rings (SSSR count). The van der Waals surface area contributed by atoms with Gasteiger partial charge < -0.3 is 15.8 Å². The van der Waals surface area contributed by atoms with Crippen LogP contribution in [-0.4, -0.2) is 19.1 Å². The van der Waals surface area contributed by atoms with E-state index in [0.717, 1.165) is 12.0 Å². The molecule has 4 heteroatoms. The van der Waals surface area contributed by atoms with E-state index in [1.807, 2.05) is 25.1 Å². The fraction of sp³-hybridized carbons (Fsp3) is 0.562. The third-order valence-electron chi connectivity index (χ3n) is 3.26. The Hall–Kier alpha value is -1.55. The van der Waals surface area contributed by atoms with E-state index >= 15 is 0 Å². The molecule has 0 aliphatic carbocycles. The summed E-state index contributed by atoms with van der Waals surface area (Å²) in [7, 11) is 1.59. The summed E-state index contributed by atoms with van der Waals surface area (Å²) in [4.78, 5) is 12.0. The second kappa shape index (κ2) is 6.75. The van der Waals surface area contributed by atoms with Crippen LogP contribution in [0.25, 0.3) is 0 Å². The Morgan fingerprint density at radius 2 is 2.05 bits per heavy atom. The van der Waals surface area contributed by atoms with E-state index in [9.17, 15) is 4.79 Å². The highest BCUT2D eigenvalue weighted by molar-refractivity contribution is 5.96. The molecule has 0 aliphatic rings. The monoisotopic (exact) mass is 278 g/mol. The lowest BCUT2D eigenvalue weighted by molar-refractivity contribution is -0.117. The Bertz CT molecular complexity index is 464. The largest absolute Gasteiger partial charge is 0.495 e. The van der Waals surface area contributed by atoms with Crippen LogP contribution in [-0.2, 0) is 10.2 Å². The van der Waals surface area contributed by atoms with E-state index in [2.05, 4.69) is 26.1 Å². The molecule has 20 heavy (non-hydrogen) atoms. The molecule has 4 nitrogen and oxygen atoms in total. The van der Waals surface area contributed by atoms with Gasteiger partial charge in [0.2, 0.25) is 5.91 Å². The van der Waals surface area contributed by atoms with Crippen LogP contribution in [0.3, 0.4) is 0 Å². The summed E-state index contributed by atoms with van der Waals surface area (Å²) in [6.07, 6.45) is 1.56. The number of rotatable bonds is 5. The third kappa shape index (κ3) is 4.23. The fourth-order valence-corrected chi connectivity index (χ4v) is 1.94. The highest BCUT2D eigenvalue weighted by Gasteiger charge is 2.18. The number of anilines is 1. The molecule has 1 amide bonds. The average molecular weight is 278 g/mol. The molecule has 0 heterocycles. The van der Waals surface area contributed by atoms with Crippen molar-refractivity contribution in [2.24, 2.45) is 5.73 Å². The van der Waals surface area contributed by atoms with Crippen molar-refractivity contribution in [1.29, 1.82) is 0 Å². The molecule has 0 aliphatic heterocycles. The number of hydrogen-bond donors (Lipinski definition) is 2. The zero-order valence-electron chi connectivity index (χ0n) is 13.1. The maximum Gasteiger partial charge on any atom is 0.241 e. The van der Waals surface area contributed by atoms with Crippen molar-refractivity contribution in [3.05, 3.63) is 23.8 Å². The van der Waals surface area contributed by atoms with Crippen LogP contribution >= 0.6 is 0 Å². The van der Waals surface area contributed by atoms with E-state index in [4.69, 9.17) is 10.5 Å². The first-order valence-electron chi connectivity index (χ1n) is 7.04. The van der Waals surface area contributed by atoms with Gasteiger partial charge in [-0.2, -0.15) is 0 Å². The van der Waals surface area contributed by atoms with Crippen LogP contribution in [0.5, 0.6) is 5.75 Å². The molecule has 1 aromatic carbocycles. The van der Waals surface area contributed by atoms with E-state index in [1.165, 1.54) is 0 Å². The van der Waals surface area contributed by atoms with E-state index in [0.29, 0.717) is 17.9 Å². The van der Waals surface area contributed by atoms with Crippen molar-refractivity contribution in [3.63, 3.8) is 0 Å². The molecular formula is C16H26N2O2. The summed E-state index contributed by atoms with van der Waals surface area (Å²) in [5, 5.41) is 2.87. The van der Waals surface area contributed by atoms with Gasteiger partial charge in [-0.3, -0.25) is 4.79 Å². The molecular weight excluding hydrogens is 252 g/mol. The quantitative estimate of drug-likeness (QED) is 0.870. The van der Waals surface area contributed by atoms with Crippen LogP contribution in [0, 0.1) is 0 Å². The third-order valence-corrected chi connectivity index (χ3v) is 3.26. The second-order valence-corrected chi connectivity index (χ2v) is 6.05. The maximum absolute atomic E-state index is 12.0. The van der Waals surface area contributed by atoms with E-state index in [-0.39, 0.29) is 11.3 Å². The number of carbonyl (C=O) groups excluding carboxylic acids is 1. The number of benzene rings is 1. The SMILES string of the molecule is CCC[C@@H](N)C(=O)Nc1cc(C(C)(C)C)ccc1OC. The molecule has 0 fully saturated rings. The van der Waals surface area contributed by atoms with Gasteiger partial charge in [-0.25, -0.2) is 0 Å². The molecule has 0 spiro atoms. The average Bonchev–Trinajstić information content (AvgIpc) is 2.37. The van der Waals surface area contributed by atoms with Crippen LogP contribution in [0.4, 0.5) is 5.69 Å². The van der Waals surface area contributed by atoms with E-state index in [1.54, 1.807) is 7.11 Å². The number of carbonyl (C=O) groups is 1. The minimum atomic E-state index is -0.483. The van der Waals surface area contributed by atoms with Crippen molar-refractivity contribution in [2.45, 2.75) is 52.0 Å². The summed E-state index contributed by atoms with van der Waals surface area (Å²) in [6, 6.07) is 5.36. The Balaban J connectivity index is 3.00. The van der Waals surface area contributed by atoms with Crippen molar-refractivity contribution in [2.75, 3.05) is 12.4 Å². The minimum absolute atomic E-state index is 0.0112. The van der Waals surface area contributed by atoms with Crippen LogP contribution in [0.2, 0.25) is 0 Å². The topological polar surface area (TPSA) is 64.4 Å². The Labute approximate surface area is 121 Å². The summed E-state index contributed by atoms with van der Waals surface area (Å²) in [5.41, 5.74) is 7.66. The lowest BCUT2D eigenvalue weighted by Crippen LogP contribution is -2.35. The van der Waals surface area contributed by atoms with Crippen molar-refractivity contribution < 1.29 is 9.53 Å². The summed E-state index contributed by atoms with van der Waals surface area (Å²) >= 11 is 0. The summed E-state index contributed by atoms with van der Waals surface area (Å²) in [5.74, 6) is 0.478. The number of nitrogens with two attached hydrogens (primary N) is 1. The predicted octanol–water partition coefficient (Wildman–Crippen LogP) is 3.06. The highest BCUT2D eigenvalue weighted by Crippen LogP contribution is 2.31. The fourth-order valence-electron chi connectivity index (χ4n) is 1.94. The Kier molecular flexibility index (Phi) is 5.57. The first-order chi connectivity index (χ1) is 9.29.